The quantitative estimate of drug-likeness (QED) is 0.452. The molecular weight excluding hydrogens is 359 g/mol. The number of carbonyl (C=O) groups is 1. The zero-order valence-corrected chi connectivity index (χ0v) is 12.8. The molecule has 1 aromatic rings. The number of carbonyl (C=O) groups excluding carboxylic acids is 1. The first-order valence-corrected chi connectivity index (χ1v) is 7.34. The maximum absolute atomic E-state index is 12.4. The van der Waals surface area contributed by atoms with E-state index in [1.165, 1.54) is 25.0 Å². The van der Waals surface area contributed by atoms with E-state index in [4.69, 9.17) is 0 Å². The van der Waals surface area contributed by atoms with Crippen molar-refractivity contribution in [1.82, 2.24) is 4.90 Å². The molecule has 0 saturated heterocycles. The fourth-order valence-corrected chi connectivity index (χ4v) is 2.49. The van der Waals surface area contributed by atoms with Gasteiger partial charge in [0.1, 0.15) is 0 Å². The van der Waals surface area contributed by atoms with Crippen LogP contribution in [0.15, 0.2) is 18.2 Å². The van der Waals surface area contributed by atoms with Crippen LogP contribution < -0.4 is 0 Å². The number of non-ortho nitro benzene ring substituents is 1. The van der Waals surface area contributed by atoms with Crippen LogP contribution in [0, 0.1) is 19.6 Å². The highest BCUT2D eigenvalue weighted by Crippen LogP contribution is 2.30. The van der Waals surface area contributed by atoms with Crippen molar-refractivity contribution >= 4 is 34.2 Å². The van der Waals surface area contributed by atoms with Crippen LogP contribution >= 0.6 is 22.6 Å². The Balaban J connectivity index is 2.25. The number of hydrogen-bond donors (Lipinski definition) is 0. The van der Waals surface area contributed by atoms with Gasteiger partial charge in [-0.1, -0.05) is 0 Å². The van der Waals surface area contributed by atoms with E-state index in [1.54, 1.807) is 11.0 Å². The Labute approximate surface area is 125 Å². The molecule has 1 fully saturated rings. The third-order valence-electron chi connectivity index (χ3n) is 3.24. The number of nitro benzene ring substituents is 1. The van der Waals surface area contributed by atoms with E-state index in [0.717, 1.165) is 10.1 Å². The normalized spacial score (nSPS) is 14.2. The maximum Gasteiger partial charge on any atom is 0.270 e. The van der Waals surface area contributed by atoms with Crippen molar-refractivity contribution in [1.29, 1.82) is 0 Å². The number of amides is 1. The molecule has 6 heteroatoms. The second kappa shape index (κ2) is 5.85. The van der Waals surface area contributed by atoms with E-state index in [-0.39, 0.29) is 11.6 Å². The van der Waals surface area contributed by atoms with Gasteiger partial charge in [0.15, 0.2) is 0 Å². The molecule has 5 nitrogen and oxygen atoms in total. The summed E-state index contributed by atoms with van der Waals surface area (Å²) in [6.07, 6.45) is 2.35. The number of nitrogens with zero attached hydrogens (tertiary/aromatic N) is 2. The number of halogens is 1. The van der Waals surface area contributed by atoms with Gasteiger partial charge in [-0.15, -0.1) is 0 Å². The fourth-order valence-electron chi connectivity index (χ4n) is 1.93. The van der Waals surface area contributed by atoms with Gasteiger partial charge >= 0.3 is 0 Å². The second-order valence-corrected chi connectivity index (χ2v) is 5.87. The molecule has 1 amide bonds. The maximum atomic E-state index is 12.4. The Hall–Kier alpha value is -1.18. The molecule has 1 aromatic carbocycles. The average Bonchev–Trinajstić information content (AvgIpc) is 3.19. The highest BCUT2D eigenvalue weighted by molar-refractivity contribution is 14.1. The summed E-state index contributed by atoms with van der Waals surface area (Å²) in [5.74, 6) is 0.503. The van der Waals surface area contributed by atoms with E-state index in [1.807, 2.05) is 29.5 Å². The van der Waals surface area contributed by atoms with Gasteiger partial charge in [0.2, 0.25) is 0 Å². The van der Waals surface area contributed by atoms with Gasteiger partial charge in [-0.05, 0) is 54.3 Å². The molecule has 1 aliphatic rings. The van der Waals surface area contributed by atoms with Crippen LogP contribution in [-0.4, -0.2) is 28.8 Å². The van der Waals surface area contributed by atoms with Gasteiger partial charge < -0.3 is 4.90 Å². The van der Waals surface area contributed by atoms with Crippen LogP contribution in [0.4, 0.5) is 5.69 Å². The highest BCUT2D eigenvalue weighted by Gasteiger charge is 2.27. The van der Waals surface area contributed by atoms with E-state index >= 15 is 0 Å². The van der Waals surface area contributed by atoms with Gasteiger partial charge in [-0.3, -0.25) is 14.9 Å². The van der Waals surface area contributed by atoms with Crippen molar-refractivity contribution in [2.24, 2.45) is 5.92 Å². The minimum atomic E-state index is -0.468. The summed E-state index contributed by atoms with van der Waals surface area (Å²) in [6.45, 7) is 3.33. The molecule has 0 heterocycles. The lowest BCUT2D eigenvalue weighted by Crippen LogP contribution is -2.33. The van der Waals surface area contributed by atoms with E-state index in [0.29, 0.717) is 18.0 Å². The van der Waals surface area contributed by atoms with E-state index < -0.39 is 4.92 Å². The van der Waals surface area contributed by atoms with Crippen molar-refractivity contribution in [3.05, 3.63) is 37.4 Å². The number of rotatable bonds is 5. The molecule has 1 aliphatic carbocycles. The van der Waals surface area contributed by atoms with Crippen LogP contribution in [0.25, 0.3) is 0 Å². The van der Waals surface area contributed by atoms with Crippen molar-refractivity contribution in [3.8, 4) is 0 Å². The molecule has 0 aliphatic heterocycles. The number of benzene rings is 1. The highest BCUT2D eigenvalue weighted by atomic mass is 127. The lowest BCUT2D eigenvalue weighted by molar-refractivity contribution is -0.384. The lowest BCUT2D eigenvalue weighted by Gasteiger charge is -2.21. The second-order valence-electron chi connectivity index (χ2n) is 4.71. The Bertz CT molecular complexity index is 515. The summed E-state index contributed by atoms with van der Waals surface area (Å²) in [6, 6.07) is 4.42. The molecular formula is C13H15IN2O3. The number of nitro groups is 1. The molecule has 19 heavy (non-hydrogen) atoms. The Morgan fingerprint density at radius 1 is 1.53 bits per heavy atom. The van der Waals surface area contributed by atoms with Crippen LogP contribution in [0.1, 0.15) is 30.1 Å². The molecule has 0 N–H and O–H groups in total. The molecule has 0 spiro atoms. The molecule has 0 unspecified atom stereocenters. The van der Waals surface area contributed by atoms with Crippen LogP contribution in [0.2, 0.25) is 0 Å². The van der Waals surface area contributed by atoms with Crippen LogP contribution in [0.5, 0.6) is 0 Å². The van der Waals surface area contributed by atoms with Crippen LogP contribution in [-0.2, 0) is 0 Å². The first kappa shape index (κ1) is 14.2. The minimum Gasteiger partial charge on any atom is -0.339 e. The van der Waals surface area contributed by atoms with Crippen molar-refractivity contribution in [2.45, 2.75) is 19.8 Å². The van der Waals surface area contributed by atoms with Gasteiger partial charge in [0.05, 0.1) is 10.5 Å². The molecule has 0 aromatic heterocycles. The molecule has 0 atom stereocenters. The van der Waals surface area contributed by atoms with Crippen molar-refractivity contribution in [2.75, 3.05) is 13.1 Å². The zero-order chi connectivity index (χ0) is 14.0. The predicted octanol–water partition coefficient (Wildman–Crippen LogP) is 3.07. The Morgan fingerprint density at radius 3 is 2.74 bits per heavy atom. The van der Waals surface area contributed by atoms with Crippen molar-refractivity contribution < 1.29 is 9.72 Å². The fraction of sp³-hybridized carbons (Fsp3) is 0.462. The number of hydrogen-bond acceptors (Lipinski definition) is 3. The first-order chi connectivity index (χ1) is 9.02. The predicted molar refractivity (Wildman–Crippen MR) is 80.1 cm³/mol. The average molecular weight is 374 g/mol. The topological polar surface area (TPSA) is 63.5 Å². The Morgan fingerprint density at radius 2 is 2.21 bits per heavy atom. The first-order valence-electron chi connectivity index (χ1n) is 6.26. The molecule has 0 radical (unpaired) electrons. The molecule has 1 saturated carbocycles. The monoisotopic (exact) mass is 374 g/mol. The summed E-state index contributed by atoms with van der Waals surface area (Å²) < 4.78 is 0.752. The largest absolute Gasteiger partial charge is 0.339 e. The molecule has 2 rings (SSSR count). The minimum absolute atomic E-state index is 0.0359. The Kier molecular flexibility index (Phi) is 4.38. The van der Waals surface area contributed by atoms with Gasteiger partial charge in [0.25, 0.3) is 11.6 Å². The summed E-state index contributed by atoms with van der Waals surface area (Å²) in [5, 5.41) is 10.8. The van der Waals surface area contributed by atoms with E-state index in [2.05, 4.69) is 0 Å². The smallest absolute Gasteiger partial charge is 0.270 e. The van der Waals surface area contributed by atoms with Gasteiger partial charge in [-0.2, -0.15) is 0 Å². The van der Waals surface area contributed by atoms with E-state index in [9.17, 15) is 14.9 Å². The van der Waals surface area contributed by atoms with Gasteiger partial charge in [-0.25, -0.2) is 0 Å². The summed E-state index contributed by atoms with van der Waals surface area (Å²) in [4.78, 5) is 24.5. The summed E-state index contributed by atoms with van der Waals surface area (Å²) in [7, 11) is 0. The van der Waals surface area contributed by atoms with Gasteiger partial charge in [0, 0.05) is 28.8 Å². The lowest BCUT2D eigenvalue weighted by atomic mass is 10.1. The molecule has 102 valence electrons. The summed E-state index contributed by atoms with van der Waals surface area (Å²) >= 11 is 2.04. The molecule has 0 bridgehead atoms. The zero-order valence-electron chi connectivity index (χ0n) is 10.6. The third kappa shape index (κ3) is 3.43. The van der Waals surface area contributed by atoms with Crippen LogP contribution in [0.3, 0.4) is 0 Å². The van der Waals surface area contributed by atoms with Crippen molar-refractivity contribution in [3.63, 3.8) is 0 Å². The standard InChI is InChI=1S/C13H15IN2O3/c1-2-15(8-9-3-4-9)13(17)11-7-10(16(18)19)5-6-12(11)14/h5-7,9H,2-4,8H2,1H3. The summed E-state index contributed by atoms with van der Waals surface area (Å²) in [5.41, 5.74) is 0.392. The SMILES string of the molecule is CCN(CC1CC1)C(=O)c1cc([N+](=O)[O-])ccc1I. The third-order valence-corrected chi connectivity index (χ3v) is 4.18.